The van der Waals surface area contributed by atoms with Crippen LogP contribution in [0.1, 0.15) is 67.7 Å². The van der Waals surface area contributed by atoms with E-state index < -0.39 is 0 Å². The summed E-state index contributed by atoms with van der Waals surface area (Å²) in [4.78, 5) is 14.6. The lowest BCUT2D eigenvalue weighted by molar-refractivity contribution is -0.139. The van der Waals surface area contributed by atoms with Crippen molar-refractivity contribution in [2.45, 2.75) is 73.3 Å². The molecule has 2 nitrogen and oxygen atoms in total. The summed E-state index contributed by atoms with van der Waals surface area (Å²) in [6.45, 7) is 15.7. The minimum Gasteiger partial charge on any atom is -0.334 e. The van der Waals surface area contributed by atoms with Crippen molar-refractivity contribution in [3.05, 3.63) is 23.8 Å². The molecule has 3 atom stereocenters. The Labute approximate surface area is 137 Å². The van der Waals surface area contributed by atoms with Crippen LogP contribution < -0.4 is 0 Å². The highest BCUT2D eigenvalue weighted by atomic mass is 16.2. The fourth-order valence-corrected chi connectivity index (χ4v) is 3.06. The van der Waals surface area contributed by atoms with Gasteiger partial charge in [0.05, 0.1) is 0 Å². The molecule has 22 heavy (non-hydrogen) atoms. The summed E-state index contributed by atoms with van der Waals surface area (Å²) in [6.07, 6.45) is 10.3. The molecule has 0 saturated heterocycles. The largest absolute Gasteiger partial charge is 0.334 e. The molecule has 0 fully saturated rings. The Morgan fingerprint density at radius 3 is 2.59 bits per heavy atom. The topological polar surface area (TPSA) is 20.3 Å². The van der Waals surface area contributed by atoms with Crippen LogP contribution in [0.15, 0.2) is 23.8 Å². The standard InChI is InChI=1S/C20H35NO/c1-8-16(3)19(22)21(20(5,6)7)13-9-10-18-12-11-15(2)14-17(18)4/h9-10,14,16-18H,8,11-13H2,1-7H3/b10-9-. The van der Waals surface area contributed by atoms with Crippen molar-refractivity contribution in [2.24, 2.45) is 17.8 Å². The van der Waals surface area contributed by atoms with E-state index in [2.05, 4.69) is 59.8 Å². The molecule has 126 valence electrons. The molecule has 0 N–H and O–H groups in total. The van der Waals surface area contributed by atoms with E-state index in [1.807, 2.05) is 11.8 Å². The first kappa shape index (κ1) is 19.0. The van der Waals surface area contributed by atoms with Gasteiger partial charge in [-0.25, -0.2) is 0 Å². The van der Waals surface area contributed by atoms with Gasteiger partial charge >= 0.3 is 0 Å². The minimum atomic E-state index is -0.125. The van der Waals surface area contributed by atoms with E-state index >= 15 is 0 Å². The first-order chi connectivity index (χ1) is 10.2. The maximum absolute atomic E-state index is 12.6. The normalized spacial score (nSPS) is 24.2. The SMILES string of the molecule is CCC(C)C(=O)N(C/C=C\C1CCC(C)=CC1C)C(C)(C)C. The monoisotopic (exact) mass is 305 g/mol. The summed E-state index contributed by atoms with van der Waals surface area (Å²) in [5, 5.41) is 0. The van der Waals surface area contributed by atoms with Crippen LogP contribution in [-0.4, -0.2) is 22.9 Å². The number of amides is 1. The molecular weight excluding hydrogens is 270 g/mol. The summed E-state index contributed by atoms with van der Waals surface area (Å²) in [5.41, 5.74) is 1.39. The Hall–Kier alpha value is -1.05. The molecule has 1 aliphatic rings. The van der Waals surface area contributed by atoms with E-state index in [-0.39, 0.29) is 17.4 Å². The summed E-state index contributed by atoms with van der Waals surface area (Å²) in [5.74, 6) is 1.60. The smallest absolute Gasteiger partial charge is 0.226 e. The molecule has 0 bridgehead atoms. The van der Waals surface area contributed by atoms with E-state index in [0.29, 0.717) is 11.8 Å². The summed E-state index contributed by atoms with van der Waals surface area (Å²) in [7, 11) is 0. The van der Waals surface area contributed by atoms with Crippen molar-refractivity contribution in [3.63, 3.8) is 0 Å². The van der Waals surface area contributed by atoms with Crippen molar-refractivity contribution >= 4 is 5.91 Å². The molecular formula is C20H35NO. The molecule has 0 spiro atoms. The number of carbonyl (C=O) groups is 1. The second-order valence-electron chi connectivity index (χ2n) is 7.93. The molecule has 0 radical (unpaired) electrons. The fraction of sp³-hybridized carbons (Fsp3) is 0.750. The van der Waals surface area contributed by atoms with Gasteiger partial charge in [-0.05, 0) is 58.8 Å². The van der Waals surface area contributed by atoms with E-state index in [9.17, 15) is 4.79 Å². The Balaban J connectivity index is 2.72. The van der Waals surface area contributed by atoms with Gasteiger partial charge in [0.25, 0.3) is 0 Å². The Morgan fingerprint density at radius 2 is 2.09 bits per heavy atom. The van der Waals surface area contributed by atoms with Gasteiger partial charge in [-0.3, -0.25) is 4.79 Å². The lowest BCUT2D eigenvalue weighted by atomic mass is 9.82. The van der Waals surface area contributed by atoms with Crippen molar-refractivity contribution in [2.75, 3.05) is 6.54 Å². The van der Waals surface area contributed by atoms with E-state index in [0.717, 1.165) is 13.0 Å². The zero-order valence-electron chi connectivity index (χ0n) is 15.6. The highest BCUT2D eigenvalue weighted by Crippen LogP contribution is 2.29. The fourth-order valence-electron chi connectivity index (χ4n) is 3.06. The molecule has 0 aromatic carbocycles. The lowest BCUT2D eigenvalue weighted by Gasteiger charge is -2.37. The van der Waals surface area contributed by atoms with Crippen molar-refractivity contribution in [3.8, 4) is 0 Å². The second-order valence-corrected chi connectivity index (χ2v) is 7.93. The van der Waals surface area contributed by atoms with E-state index in [4.69, 9.17) is 0 Å². The zero-order chi connectivity index (χ0) is 16.9. The number of allylic oxidation sites excluding steroid dienone is 3. The molecule has 3 unspecified atom stereocenters. The minimum absolute atomic E-state index is 0.104. The van der Waals surface area contributed by atoms with Gasteiger partial charge in [-0.2, -0.15) is 0 Å². The van der Waals surface area contributed by atoms with Crippen molar-refractivity contribution in [1.29, 1.82) is 0 Å². The molecule has 2 heteroatoms. The Bertz CT molecular complexity index is 427. The number of rotatable bonds is 5. The number of nitrogens with zero attached hydrogens (tertiary/aromatic N) is 1. The first-order valence-electron chi connectivity index (χ1n) is 8.82. The van der Waals surface area contributed by atoms with E-state index in [1.54, 1.807) is 0 Å². The predicted octanol–water partition coefficient (Wildman–Crippen LogP) is 5.21. The van der Waals surface area contributed by atoms with Crippen molar-refractivity contribution in [1.82, 2.24) is 4.90 Å². The first-order valence-corrected chi connectivity index (χ1v) is 8.82. The van der Waals surface area contributed by atoms with E-state index in [1.165, 1.54) is 18.4 Å². The maximum Gasteiger partial charge on any atom is 0.226 e. The third kappa shape index (κ3) is 5.30. The Morgan fingerprint density at radius 1 is 1.45 bits per heavy atom. The Kier molecular flexibility index (Phi) is 6.90. The van der Waals surface area contributed by atoms with Crippen LogP contribution in [0.4, 0.5) is 0 Å². The van der Waals surface area contributed by atoms with Gasteiger partial charge < -0.3 is 4.90 Å². The number of carbonyl (C=O) groups excluding carboxylic acids is 1. The van der Waals surface area contributed by atoms with Gasteiger partial charge in [0.15, 0.2) is 0 Å². The summed E-state index contributed by atoms with van der Waals surface area (Å²) >= 11 is 0. The number of hydrogen-bond donors (Lipinski definition) is 0. The highest BCUT2D eigenvalue weighted by molar-refractivity contribution is 5.79. The van der Waals surface area contributed by atoms with Gasteiger partial charge in [-0.1, -0.05) is 44.6 Å². The third-order valence-electron chi connectivity index (χ3n) is 4.88. The van der Waals surface area contributed by atoms with Gasteiger partial charge in [0.2, 0.25) is 5.91 Å². The molecule has 0 heterocycles. The lowest BCUT2D eigenvalue weighted by Crippen LogP contribution is -2.47. The van der Waals surface area contributed by atoms with Gasteiger partial charge in [-0.15, -0.1) is 0 Å². The van der Waals surface area contributed by atoms with Crippen LogP contribution in [0.25, 0.3) is 0 Å². The predicted molar refractivity (Wildman–Crippen MR) is 95.7 cm³/mol. The molecule has 0 aliphatic heterocycles. The molecule has 0 saturated carbocycles. The number of hydrogen-bond acceptors (Lipinski definition) is 1. The molecule has 0 aromatic rings. The summed E-state index contributed by atoms with van der Waals surface area (Å²) in [6, 6.07) is 0. The van der Waals surface area contributed by atoms with Crippen LogP contribution in [0.3, 0.4) is 0 Å². The van der Waals surface area contributed by atoms with Gasteiger partial charge in [0.1, 0.15) is 0 Å². The maximum atomic E-state index is 12.6. The third-order valence-corrected chi connectivity index (χ3v) is 4.88. The molecule has 0 aromatic heterocycles. The summed E-state index contributed by atoms with van der Waals surface area (Å²) < 4.78 is 0. The molecule has 1 rings (SSSR count). The van der Waals surface area contributed by atoms with Gasteiger partial charge in [0, 0.05) is 18.0 Å². The quantitative estimate of drug-likeness (QED) is 0.639. The molecule has 1 aliphatic carbocycles. The van der Waals surface area contributed by atoms with Crippen LogP contribution in [0, 0.1) is 17.8 Å². The van der Waals surface area contributed by atoms with Crippen LogP contribution >= 0.6 is 0 Å². The van der Waals surface area contributed by atoms with Crippen molar-refractivity contribution < 1.29 is 4.79 Å². The average molecular weight is 306 g/mol. The van der Waals surface area contributed by atoms with Crippen LogP contribution in [0.5, 0.6) is 0 Å². The second kappa shape index (κ2) is 7.99. The molecule has 1 amide bonds. The highest BCUT2D eigenvalue weighted by Gasteiger charge is 2.28. The van der Waals surface area contributed by atoms with Crippen LogP contribution in [-0.2, 0) is 4.79 Å². The van der Waals surface area contributed by atoms with Crippen LogP contribution in [0.2, 0.25) is 0 Å². The average Bonchev–Trinajstić information content (AvgIpc) is 2.42. The zero-order valence-corrected chi connectivity index (χ0v) is 15.6.